The van der Waals surface area contributed by atoms with Crippen LogP contribution in [0.2, 0.25) is 5.02 Å². The van der Waals surface area contributed by atoms with Crippen molar-refractivity contribution in [3.05, 3.63) is 94.3 Å². The average molecular weight is 449 g/mol. The molecule has 2 heterocycles. The number of aromatic nitrogens is 1. The van der Waals surface area contributed by atoms with Gasteiger partial charge in [0.15, 0.2) is 0 Å². The molecule has 0 radical (unpaired) electrons. The highest BCUT2D eigenvalue weighted by molar-refractivity contribution is 6.52. The summed E-state index contributed by atoms with van der Waals surface area (Å²) in [6.45, 7) is 4.09. The first-order chi connectivity index (χ1) is 15.4. The molecule has 0 aliphatic carbocycles. The second-order valence-corrected chi connectivity index (χ2v) is 7.71. The van der Waals surface area contributed by atoms with Crippen LogP contribution in [0.15, 0.2) is 72.6 Å². The second kappa shape index (κ2) is 8.85. The van der Waals surface area contributed by atoms with E-state index in [9.17, 15) is 14.7 Å². The van der Waals surface area contributed by atoms with Crippen LogP contribution >= 0.6 is 11.6 Å². The van der Waals surface area contributed by atoms with Crippen molar-refractivity contribution in [3.8, 4) is 5.75 Å². The van der Waals surface area contributed by atoms with E-state index < -0.39 is 17.7 Å². The van der Waals surface area contributed by atoms with Gasteiger partial charge in [0.25, 0.3) is 11.7 Å². The molecular weight excluding hydrogens is 428 g/mol. The molecule has 0 saturated carbocycles. The van der Waals surface area contributed by atoms with Crippen LogP contribution in [-0.2, 0) is 9.59 Å². The number of pyridine rings is 1. The number of nitrogens with zero attached hydrogens (tertiary/aromatic N) is 2. The van der Waals surface area contributed by atoms with Gasteiger partial charge in [-0.15, -0.1) is 0 Å². The number of benzene rings is 2. The maximum absolute atomic E-state index is 13.2. The molecule has 1 atom stereocenters. The lowest BCUT2D eigenvalue weighted by atomic mass is 9.96. The smallest absolute Gasteiger partial charge is 0.300 e. The first kappa shape index (κ1) is 21.6. The van der Waals surface area contributed by atoms with Crippen LogP contribution in [0.3, 0.4) is 0 Å². The topological polar surface area (TPSA) is 79.7 Å². The highest BCUT2D eigenvalue weighted by Crippen LogP contribution is 2.43. The summed E-state index contributed by atoms with van der Waals surface area (Å²) in [6.07, 6.45) is 3.18. The summed E-state index contributed by atoms with van der Waals surface area (Å²) < 4.78 is 5.52. The number of aliphatic hydroxyl groups is 1. The van der Waals surface area contributed by atoms with Gasteiger partial charge in [-0.2, -0.15) is 0 Å². The number of aliphatic hydroxyl groups excluding tert-OH is 1. The van der Waals surface area contributed by atoms with Gasteiger partial charge < -0.3 is 9.84 Å². The normalized spacial score (nSPS) is 17.6. The van der Waals surface area contributed by atoms with E-state index in [1.807, 2.05) is 6.92 Å². The Hall–Kier alpha value is -3.64. The standard InChI is InChI=1S/C25H21ClN2O4/c1-3-32-18-9-4-7-16(13-18)23(29)21-22(17-8-6-12-27-14-17)28(25(31)24(21)30)20-11-5-10-19(26)15(20)2/h4-14,22,29H,3H2,1-2H3/b23-21+. The molecule has 1 fully saturated rings. The Balaban J connectivity index is 1.94. The van der Waals surface area contributed by atoms with Crippen molar-refractivity contribution in [2.75, 3.05) is 11.5 Å². The monoisotopic (exact) mass is 448 g/mol. The summed E-state index contributed by atoms with van der Waals surface area (Å²) in [7, 11) is 0. The van der Waals surface area contributed by atoms with Crippen LogP contribution in [0.1, 0.15) is 29.7 Å². The van der Waals surface area contributed by atoms with Gasteiger partial charge in [-0.05, 0) is 55.3 Å². The first-order valence-corrected chi connectivity index (χ1v) is 10.5. The van der Waals surface area contributed by atoms with E-state index in [1.165, 1.54) is 4.90 Å². The van der Waals surface area contributed by atoms with Gasteiger partial charge in [0, 0.05) is 28.7 Å². The Morgan fingerprint density at radius 1 is 1.16 bits per heavy atom. The Morgan fingerprint density at radius 3 is 2.66 bits per heavy atom. The molecule has 32 heavy (non-hydrogen) atoms. The van der Waals surface area contributed by atoms with E-state index in [0.29, 0.717) is 39.8 Å². The maximum Gasteiger partial charge on any atom is 0.300 e. The second-order valence-electron chi connectivity index (χ2n) is 7.30. The highest BCUT2D eigenvalue weighted by Gasteiger charge is 2.47. The predicted octanol–water partition coefficient (Wildman–Crippen LogP) is 5.07. The molecule has 2 aromatic carbocycles. The number of anilines is 1. The maximum atomic E-state index is 13.2. The van der Waals surface area contributed by atoms with E-state index in [0.717, 1.165) is 0 Å². The van der Waals surface area contributed by atoms with Crippen molar-refractivity contribution in [2.45, 2.75) is 19.9 Å². The summed E-state index contributed by atoms with van der Waals surface area (Å²) in [6, 6.07) is 14.6. The van der Waals surface area contributed by atoms with Crippen molar-refractivity contribution in [2.24, 2.45) is 0 Å². The molecule has 1 N–H and O–H groups in total. The number of Topliss-reactive ketones (excluding diaryl/α,β-unsaturated/α-hetero) is 1. The molecule has 6 nitrogen and oxygen atoms in total. The van der Waals surface area contributed by atoms with E-state index >= 15 is 0 Å². The number of carbonyl (C=O) groups excluding carboxylic acids is 2. The molecule has 1 aliphatic heterocycles. The number of carbonyl (C=O) groups is 2. The number of rotatable bonds is 5. The molecule has 3 aromatic rings. The number of hydrogen-bond donors (Lipinski definition) is 1. The zero-order chi connectivity index (χ0) is 22.8. The number of halogens is 1. The number of hydrogen-bond acceptors (Lipinski definition) is 5. The van der Waals surface area contributed by atoms with Crippen LogP contribution in [0.25, 0.3) is 5.76 Å². The summed E-state index contributed by atoms with van der Waals surface area (Å²) >= 11 is 6.30. The van der Waals surface area contributed by atoms with Gasteiger partial charge in [0.1, 0.15) is 11.5 Å². The van der Waals surface area contributed by atoms with Gasteiger partial charge >= 0.3 is 0 Å². The molecular formula is C25H21ClN2O4. The lowest BCUT2D eigenvalue weighted by Crippen LogP contribution is -2.30. The largest absolute Gasteiger partial charge is 0.507 e. The van der Waals surface area contributed by atoms with Gasteiger partial charge in [-0.25, -0.2) is 0 Å². The van der Waals surface area contributed by atoms with Crippen molar-refractivity contribution < 1.29 is 19.4 Å². The quantitative estimate of drug-likeness (QED) is 0.335. The fraction of sp³-hybridized carbons (Fsp3) is 0.160. The van der Waals surface area contributed by atoms with E-state index in [2.05, 4.69) is 4.98 Å². The number of amides is 1. The minimum atomic E-state index is -0.864. The SMILES string of the molecule is CCOc1cccc(/C(O)=C2\C(=O)C(=O)N(c3cccc(Cl)c3C)C2c2cccnc2)c1. The van der Waals surface area contributed by atoms with Crippen LogP contribution in [0, 0.1) is 6.92 Å². The van der Waals surface area contributed by atoms with E-state index in [-0.39, 0.29) is 11.3 Å². The van der Waals surface area contributed by atoms with Crippen LogP contribution in [0.5, 0.6) is 5.75 Å². The van der Waals surface area contributed by atoms with E-state index in [1.54, 1.807) is 73.9 Å². The van der Waals surface area contributed by atoms with Crippen molar-refractivity contribution in [1.82, 2.24) is 4.98 Å². The molecule has 4 rings (SSSR count). The highest BCUT2D eigenvalue weighted by atomic mass is 35.5. The molecule has 1 saturated heterocycles. The molecule has 1 unspecified atom stereocenters. The molecule has 0 spiro atoms. The zero-order valence-corrected chi connectivity index (χ0v) is 18.3. The fourth-order valence-electron chi connectivity index (χ4n) is 3.85. The van der Waals surface area contributed by atoms with Crippen molar-refractivity contribution in [3.63, 3.8) is 0 Å². The van der Waals surface area contributed by atoms with Gasteiger partial charge in [0.05, 0.1) is 18.2 Å². The summed E-state index contributed by atoms with van der Waals surface area (Å²) in [4.78, 5) is 31.9. The van der Waals surface area contributed by atoms with Gasteiger partial charge in [-0.3, -0.25) is 19.5 Å². The minimum Gasteiger partial charge on any atom is -0.507 e. The Bertz CT molecular complexity index is 1220. The average Bonchev–Trinajstić information content (AvgIpc) is 3.07. The number of ketones is 1. The summed E-state index contributed by atoms with van der Waals surface area (Å²) in [5, 5.41) is 11.7. The predicted molar refractivity (Wildman–Crippen MR) is 123 cm³/mol. The van der Waals surface area contributed by atoms with Gasteiger partial charge in [0.2, 0.25) is 0 Å². The molecule has 7 heteroatoms. The number of ether oxygens (including phenoxy) is 1. The minimum absolute atomic E-state index is 0.0176. The summed E-state index contributed by atoms with van der Waals surface area (Å²) in [5.41, 5.74) is 2.11. The summed E-state index contributed by atoms with van der Waals surface area (Å²) in [5.74, 6) is -1.25. The van der Waals surface area contributed by atoms with Crippen molar-refractivity contribution in [1.29, 1.82) is 0 Å². The molecule has 162 valence electrons. The van der Waals surface area contributed by atoms with Gasteiger partial charge in [-0.1, -0.05) is 35.9 Å². The molecule has 1 aromatic heterocycles. The fourth-order valence-corrected chi connectivity index (χ4v) is 4.02. The van der Waals surface area contributed by atoms with Crippen LogP contribution in [-0.4, -0.2) is 28.4 Å². The molecule has 1 aliphatic rings. The van der Waals surface area contributed by atoms with E-state index in [4.69, 9.17) is 16.3 Å². The lowest BCUT2D eigenvalue weighted by Gasteiger charge is -2.26. The van der Waals surface area contributed by atoms with Crippen molar-refractivity contribution >= 4 is 34.7 Å². The third kappa shape index (κ3) is 3.74. The van der Waals surface area contributed by atoms with Crippen LogP contribution < -0.4 is 9.64 Å². The Labute approximate surface area is 190 Å². The lowest BCUT2D eigenvalue weighted by molar-refractivity contribution is -0.132. The Kier molecular flexibility index (Phi) is 5.97. The Morgan fingerprint density at radius 2 is 1.94 bits per heavy atom. The van der Waals surface area contributed by atoms with Crippen LogP contribution in [0.4, 0.5) is 5.69 Å². The molecule has 0 bridgehead atoms. The zero-order valence-electron chi connectivity index (χ0n) is 17.6. The third-order valence-corrected chi connectivity index (χ3v) is 5.77. The third-order valence-electron chi connectivity index (χ3n) is 5.36. The molecule has 1 amide bonds. The first-order valence-electron chi connectivity index (χ1n) is 10.1.